The van der Waals surface area contributed by atoms with Crippen LogP contribution in [-0.4, -0.2) is 33.4 Å². The van der Waals surface area contributed by atoms with Crippen LogP contribution in [0, 0.1) is 0 Å². The highest BCUT2D eigenvalue weighted by Crippen LogP contribution is 2.17. The molecule has 2 N–H and O–H groups in total. The van der Waals surface area contributed by atoms with Crippen LogP contribution in [0.5, 0.6) is 5.75 Å². The number of benzene rings is 1. The molecule has 8 heteroatoms. The number of hydrogen-bond donors (Lipinski definition) is 2. The molecule has 23 heavy (non-hydrogen) atoms. The minimum Gasteiger partial charge on any atom is -0.494 e. The zero-order valence-corrected chi connectivity index (χ0v) is 13.8. The molecule has 122 valence electrons. The summed E-state index contributed by atoms with van der Waals surface area (Å²) < 4.78 is 7.72. The molecule has 0 bridgehead atoms. The van der Waals surface area contributed by atoms with E-state index in [1.54, 1.807) is 6.07 Å². The maximum atomic E-state index is 11.8. The summed E-state index contributed by atoms with van der Waals surface area (Å²) in [5, 5.41) is 15.2. The van der Waals surface area contributed by atoms with E-state index >= 15 is 0 Å². The fraction of sp³-hybridized carbons (Fsp3) is 0.267. The van der Waals surface area contributed by atoms with Gasteiger partial charge < -0.3 is 15.2 Å². The van der Waals surface area contributed by atoms with Crippen molar-refractivity contribution < 1.29 is 19.4 Å². The predicted octanol–water partition coefficient (Wildman–Crippen LogP) is 2.53. The molecule has 1 aromatic heterocycles. The van der Waals surface area contributed by atoms with Gasteiger partial charge in [-0.2, -0.15) is 5.10 Å². The van der Waals surface area contributed by atoms with Crippen molar-refractivity contribution in [2.45, 2.75) is 19.4 Å². The number of nitrogens with one attached hydrogen (secondary N) is 1. The predicted molar refractivity (Wildman–Crippen MR) is 87.4 cm³/mol. The second kappa shape index (κ2) is 8.33. The summed E-state index contributed by atoms with van der Waals surface area (Å²) in [6.45, 7) is 0.188. The molecule has 0 fully saturated rings. The molecule has 7 nitrogen and oxygen atoms in total. The first kappa shape index (κ1) is 17.0. The van der Waals surface area contributed by atoms with Gasteiger partial charge in [-0.05, 0) is 24.6 Å². The van der Waals surface area contributed by atoms with Crippen molar-refractivity contribution in [2.75, 3.05) is 11.9 Å². The van der Waals surface area contributed by atoms with E-state index in [-0.39, 0.29) is 12.5 Å². The highest BCUT2D eigenvalue weighted by molar-refractivity contribution is 9.10. The monoisotopic (exact) mass is 381 g/mol. The number of hydrogen-bond acceptors (Lipinski definition) is 4. The summed E-state index contributed by atoms with van der Waals surface area (Å²) in [4.78, 5) is 22.3. The second-order valence-electron chi connectivity index (χ2n) is 4.75. The number of aromatic nitrogens is 2. The number of carbonyl (C=O) groups excluding carboxylic acids is 1. The standard InChI is InChI=1S/C15H16BrN3O4/c16-11-3-1-4-12(9-11)23-8-2-5-14(20)17-13-6-7-19(18-13)10-15(21)22/h1,3-4,6-7,9H,2,5,8,10H2,(H,21,22)(H,17,18,20). The number of halogens is 1. The third-order valence-corrected chi connectivity index (χ3v) is 3.31. The van der Waals surface area contributed by atoms with Crippen molar-refractivity contribution in [3.63, 3.8) is 0 Å². The summed E-state index contributed by atoms with van der Waals surface area (Å²) in [7, 11) is 0. The molecule has 2 rings (SSSR count). The number of anilines is 1. The van der Waals surface area contributed by atoms with E-state index in [2.05, 4.69) is 26.3 Å². The summed E-state index contributed by atoms with van der Waals surface area (Å²) >= 11 is 3.36. The smallest absolute Gasteiger partial charge is 0.325 e. The lowest BCUT2D eigenvalue weighted by Crippen LogP contribution is -2.14. The van der Waals surface area contributed by atoms with Gasteiger partial charge in [0.2, 0.25) is 5.91 Å². The SMILES string of the molecule is O=C(O)Cn1ccc(NC(=O)CCCOc2cccc(Br)c2)n1. The average Bonchev–Trinajstić information content (AvgIpc) is 2.90. The minimum atomic E-state index is -0.990. The van der Waals surface area contributed by atoms with E-state index < -0.39 is 5.97 Å². The van der Waals surface area contributed by atoms with Gasteiger partial charge in [0.25, 0.3) is 0 Å². The van der Waals surface area contributed by atoms with Gasteiger partial charge in [0.1, 0.15) is 12.3 Å². The number of aliphatic carboxylic acids is 1. The quantitative estimate of drug-likeness (QED) is 0.685. The van der Waals surface area contributed by atoms with Crippen LogP contribution in [0.15, 0.2) is 41.0 Å². The van der Waals surface area contributed by atoms with E-state index in [1.807, 2.05) is 24.3 Å². The van der Waals surface area contributed by atoms with Gasteiger partial charge >= 0.3 is 5.97 Å². The van der Waals surface area contributed by atoms with Crippen LogP contribution in [0.4, 0.5) is 5.82 Å². The van der Waals surface area contributed by atoms with Gasteiger partial charge in [0, 0.05) is 23.2 Å². The molecule has 0 radical (unpaired) electrons. The van der Waals surface area contributed by atoms with Crippen LogP contribution >= 0.6 is 15.9 Å². The van der Waals surface area contributed by atoms with Gasteiger partial charge in [-0.1, -0.05) is 22.0 Å². The van der Waals surface area contributed by atoms with Crippen LogP contribution in [-0.2, 0) is 16.1 Å². The van der Waals surface area contributed by atoms with Crippen molar-refractivity contribution in [1.82, 2.24) is 9.78 Å². The Hall–Kier alpha value is -2.35. The van der Waals surface area contributed by atoms with Crippen LogP contribution in [0.2, 0.25) is 0 Å². The molecule has 1 amide bonds. The maximum absolute atomic E-state index is 11.8. The Labute approximate surface area is 141 Å². The summed E-state index contributed by atoms with van der Waals surface area (Å²) in [5.41, 5.74) is 0. The lowest BCUT2D eigenvalue weighted by Gasteiger charge is -2.06. The van der Waals surface area contributed by atoms with Crippen LogP contribution < -0.4 is 10.1 Å². The lowest BCUT2D eigenvalue weighted by atomic mass is 10.3. The Bertz CT molecular complexity index is 687. The highest BCUT2D eigenvalue weighted by Gasteiger charge is 2.07. The molecule has 2 aromatic rings. The molecule has 0 atom stereocenters. The molecule has 0 unspecified atom stereocenters. The number of rotatable bonds is 8. The van der Waals surface area contributed by atoms with E-state index in [1.165, 1.54) is 10.9 Å². The van der Waals surface area contributed by atoms with Gasteiger partial charge in [0.05, 0.1) is 6.61 Å². The van der Waals surface area contributed by atoms with Crippen LogP contribution in [0.3, 0.4) is 0 Å². The highest BCUT2D eigenvalue weighted by atomic mass is 79.9. The van der Waals surface area contributed by atoms with E-state index in [0.717, 1.165) is 10.2 Å². The number of carbonyl (C=O) groups is 2. The number of amides is 1. The number of carboxylic acids is 1. The van der Waals surface area contributed by atoms with Gasteiger partial charge in [-0.15, -0.1) is 0 Å². The Morgan fingerprint density at radius 3 is 2.91 bits per heavy atom. The summed E-state index contributed by atoms with van der Waals surface area (Å²) in [5.74, 6) is -0.101. The number of carboxylic acid groups (broad SMARTS) is 1. The fourth-order valence-electron chi connectivity index (χ4n) is 1.84. The molecular formula is C15H16BrN3O4. The largest absolute Gasteiger partial charge is 0.494 e. The van der Waals surface area contributed by atoms with E-state index in [9.17, 15) is 9.59 Å². The van der Waals surface area contributed by atoms with E-state index in [4.69, 9.17) is 9.84 Å². The van der Waals surface area contributed by atoms with Crippen molar-refractivity contribution in [2.24, 2.45) is 0 Å². The fourth-order valence-corrected chi connectivity index (χ4v) is 2.22. The summed E-state index contributed by atoms with van der Waals surface area (Å²) in [6.07, 6.45) is 2.36. The van der Waals surface area contributed by atoms with Crippen molar-refractivity contribution in [3.05, 3.63) is 41.0 Å². The third-order valence-electron chi connectivity index (χ3n) is 2.82. The van der Waals surface area contributed by atoms with Crippen LogP contribution in [0.25, 0.3) is 0 Å². The second-order valence-corrected chi connectivity index (χ2v) is 5.67. The lowest BCUT2D eigenvalue weighted by molar-refractivity contribution is -0.137. The molecule has 0 aliphatic rings. The first-order chi connectivity index (χ1) is 11.0. The topological polar surface area (TPSA) is 93.5 Å². The Balaban J connectivity index is 1.69. The maximum Gasteiger partial charge on any atom is 0.325 e. The van der Waals surface area contributed by atoms with Crippen molar-refractivity contribution in [3.8, 4) is 5.75 Å². The average molecular weight is 382 g/mol. The zero-order chi connectivity index (χ0) is 16.7. The number of nitrogens with zero attached hydrogens (tertiary/aromatic N) is 2. The van der Waals surface area contributed by atoms with Crippen molar-refractivity contribution >= 4 is 33.6 Å². The number of ether oxygens (including phenoxy) is 1. The minimum absolute atomic E-state index is 0.191. The van der Waals surface area contributed by atoms with Gasteiger partial charge in [-0.3, -0.25) is 14.3 Å². The molecule has 0 aliphatic heterocycles. The summed E-state index contributed by atoms with van der Waals surface area (Å²) in [6, 6.07) is 9.04. The molecular weight excluding hydrogens is 366 g/mol. The Morgan fingerprint density at radius 1 is 1.35 bits per heavy atom. The van der Waals surface area contributed by atoms with E-state index in [0.29, 0.717) is 25.3 Å². The third kappa shape index (κ3) is 6.11. The molecule has 0 aliphatic carbocycles. The molecule has 0 saturated carbocycles. The first-order valence-corrected chi connectivity index (χ1v) is 7.76. The van der Waals surface area contributed by atoms with Crippen LogP contribution in [0.1, 0.15) is 12.8 Å². The zero-order valence-electron chi connectivity index (χ0n) is 12.2. The Kier molecular flexibility index (Phi) is 6.16. The molecule has 0 spiro atoms. The molecule has 0 saturated heterocycles. The van der Waals surface area contributed by atoms with Crippen molar-refractivity contribution in [1.29, 1.82) is 0 Å². The molecule has 1 aromatic carbocycles. The van der Waals surface area contributed by atoms with Gasteiger partial charge in [-0.25, -0.2) is 0 Å². The molecule has 1 heterocycles. The van der Waals surface area contributed by atoms with Gasteiger partial charge in [0.15, 0.2) is 5.82 Å². The first-order valence-electron chi connectivity index (χ1n) is 6.96. The normalized spacial score (nSPS) is 10.3. The Morgan fingerprint density at radius 2 is 2.17 bits per heavy atom.